The van der Waals surface area contributed by atoms with Crippen molar-refractivity contribution in [3.63, 3.8) is 0 Å². The molecular weight excluding hydrogens is 376 g/mol. The van der Waals surface area contributed by atoms with Crippen LogP contribution in [0.5, 0.6) is 11.5 Å². The van der Waals surface area contributed by atoms with Crippen LogP contribution >= 0.6 is 0 Å². The quantitative estimate of drug-likeness (QED) is 0.552. The van der Waals surface area contributed by atoms with Crippen LogP contribution in [0.15, 0.2) is 60.9 Å². The number of carbonyl (C=O) groups is 1. The van der Waals surface area contributed by atoms with Crippen LogP contribution in [0.25, 0.3) is 0 Å². The van der Waals surface area contributed by atoms with Gasteiger partial charge in [-0.3, -0.25) is 4.98 Å². The average Bonchev–Trinajstić information content (AvgIpc) is 2.78. The highest BCUT2D eigenvalue weighted by atomic mass is 16.5. The molecule has 4 rings (SSSR count). The number of aryl methyl sites for hydroxylation is 2. The van der Waals surface area contributed by atoms with Crippen molar-refractivity contribution in [2.75, 3.05) is 19.0 Å². The minimum Gasteiger partial charge on any atom is -0.465 e. The van der Waals surface area contributed by atoms with Gasteiger partial charge in [0.25, 0.3) is 0 Å². The molecule has 0 saturated heterocycles. The third kappa shape index (κ3) is 4.30. The van der Waals surface area contributed by atoms with Crippen molar-refractivity contribution in [3.05, 3.63) is 83.2 Å². The van der Waals surface area contributed by atoms with E-state index in [2.05, 4.69) is 35.4 Å². The Hall–Kier alpha value is -3.34. The van der Waals surface area contributed by atoms with Crippen molar-refractivity contribution < 1.29 is 14.3 Å². The lowest BCUT2D eigenvalue weighted by atomic mass is 9.82. The molecule has 0 saturated carbocycles. The zero-order valence-corrected chi connectivity index (χ0v) is 17.4. The van der Waals surface area contributed by atoms with Crippen molar-refractivity contribution in [1.29, 1.82) is 0 Å². The standard InChI is InChI=1S/C25H26N2O3/c1-17-6-3-4-9-24(17)30-20-10-11-21-18(14-20)7-5-8-19(21)15-27-23-16-26-13-12-22(23)25(28)29-2/h3-4,6,9-14,16,19,27H,5,7-8,15H2,1-2H3/t19-/m1/s1. The normalized spacial score (nSPS) is 15.2. The molecule has 0 spiro atoms. The van der Waals surface area contributed by atoms with E-state index in [0.29, 0.717) is 17.2 Å². The number of ether oxygens (including phenoxy) is 2. The van der Waals surface area contributed by atoms with E-state index in [-0.39, 0.29) is 5.97 Å². The Kier molecular flexibility index (Phi) is 5.98. The SMILES string of the molecule is COC(=O)c1ccncc1NC[C@H]1CCCc2cc(Oc3ccccc3C)ccc21. The topological polar surface area (TPSA) is 60.5 Å². The number of carbonyl (C=O) groups excluding carboxylic acids is 1. The van der Waals surface area contributed by atoms with Crippen LogP contribution in [-0.4, -0.2) is 24.6 Å². The van der Waals surface area contributed by atoms with E-state index >= 15 is 0 Å². The third-order valence-electron chi connectivity index (χ3n) is 5.64. The van der Waals surface area contributed by atoms with E-state index in [9.17, 15) is 4.79 Å². The summed E-state index contributed by atoms with van der Waals surface area (Å²) in [5.41, 5.74) is 5.00. The van der Waals surface area contributed by atoms with Crippen LogP contribution in [-0.2, 0) is 11.2 Å². The molecule has 154 valence electrons. The molecule has 5 heteroatoms. The smallest absolute Gasteiger partial charge is 0.340 e. The van der Waals surface area contributed by atoms with Gasteiger partial charge in [0.2, 0.25) is 0 Å². The van der Waals surface area contributed by atoms with Crippen LogP contribution in [0.3, 0.4) is 0 Å². The molecule has 1 heterocycles. The number of benzene rings is 2. The van der Waals surface area contributed by atoms with Gasteiger partial charge in [0.1, 0.15) is 11.5 Å². The number of nitrogens with one attached hydrogen (secondary N) is 1. The summed E-state index contributed by atoms with van der Waals surface area (Å²) in [6.07, 6.45) is 6.56. The third-order valence-corrected chi connectivity index (χ3v) is 5.64. The van der Waals surface area contributed by atoms with E-state index in [1.807, 2.05) is 24.3 Å². The summed E-state index contributed by atoms with van der Waals surface area (Å²) in [4.78, 5) is 16.1. The van der Waals surface area contributed by atoms with E-state index < -0.39 is 0 Å². The van der Waals surface area contributed by atoms with E-state index in [4.69, 9.17) is 9.47 Å². The Bertz CT molecular complexity index is 1050. The average molecular weight is 402 g/mol. The summed E-state index contributed by atoms with van der Waals surface area (Å²) in [5, 5.41) is 3.41. The van der Waals surface area contributed by atoms with Crippen molar-refractivity contribution in [2.24, 2.45) is 0 Å². The molecule has 30 heavy (non-hydrogen) atoms. The maximum Gasteiger partial charge on any atom is 0.340 e. The molecular formula is C25H26N2O3. The van der Waals surface area contributed by atoms with Gasteiger partial charge in [-0.1, -0.05) is 24.3 Å². The molecule has 0 aliphatic heterocycles. The molecule has 2 aromatic carbocycles. The van der Waals surface area contributed by atoms with Gasteiger partial charge < -0.3 is 14.8 Å². The van der Waals surface area contributed by atoms with Gasteiger partial charge >= 0.3 is 5.97 Å². The van der Waals surface area contributed by atoms with Crippen LogP contribution in [0.2, 0.25) is 0 Å². The monoisotopic (exact) mass is 402 g/mol. The number of hydrogen-bond acceptors (Lipinski definition) is 5. The first kappa shape index (κ1) is 20.0. The number of aromatic nitrogens is 1. The maximum atomic E-state index is 12.0. The van der Waals surface area contributed by atoms with Gasteiger partial charge in [-0.15, -0.1) is 0 Å². The fraction of sp³-hybridized carbons (Fsp3) is 0.280. The summed E-state index contributed by atoms with van der Waals surface area (Å²) >= 11 is 0. The van der Waals surface area contributed by atoms with Crippen molar-refractivity contribution >= 4 is 11.7 Å². The molecule has 0 unspecified atom stereocenters. The number of nitrogens with zero attached hydrogens (tertiary/aromatic N) is 1. The van der Waals surface area contributed by atoms with Gasteiger partial charge in [0, 0.05) is 18.7 Å². The maximum absolute atomic E-state index is 12.0. The zero-order valence-electron chi connectivity index (χ0n) is 17.4. The fourth-order valence-electron chi connectivity index (χ4n) is 4.02. The van der Waals surface area contributed by atoms with Gasteiger partial charge in [-0.25, -0.2) is 4.79 Å². The summed E-state index contributed by atoms with van der Waals surface area (Å²) < 4.78 is 11.0. The van der Waals surface area contributed by atoms with Gasteiger partial charge in [0.05, 0.1) is 24.6 Å². The lowest BCUT2D eigenvalue weighted by Crippen LogP contribution is -2.19. The Morgan fingerprint density at radius 1 is 1.20 bits per heavy atom. The number of methoxy groups -OCH3 is 1. The van der Waals surface area contributed by atoms with Crippen LogP contribution in [0, 0.1) is 6.92 Å². The molecule has 1 N–H and O–H groups in total. The number of para-hydroxylation sites is 1. The highest BCUT2D eigenvalue weighted by Crippen LogP contribution is 2.35. The Morgan fingerprint density at radius 2 is 2.07 bits per heavy atom. The Balaban J connectivity index is 1.50. The molecule has 1 aromatic heterocycles. The summed E-state index contributed by atoms with van der Waals surface area (Å²) in [5.74, 6) is 1.77. The molecule has 0 amide bonds. The molecule has 1 aliphatic rings. The first-order valence-corrected chi connectivity index (χ1v) is 10.3. The molecule has 0 bridgehead atoms. The molecule has 3 aromatic rings. The molecule has 0 radical (unpaired) electrons. The lowest BCUT2D eigenvalue weighted by molar-refractivity contribution is 0.0601. The van der Waals surface area contributed by atoms with E-state index in [1.54, 1.807) is 18.5 Å². The number of fused-ring (bicyclic) bond motifs is 1. The highest BCUT2D eigenvalue weighted by molar-refractivity contribution is 5.95. The van der Waals surface area contributed by atoms with Crippen molar-refractivity contribution in [1.82, 2.24) is 4.98 Å². The lowest BCUT2D eigenvalue weighted by Gasteiger charge is -2.27. The summed E-state index contributed by atoms with van der Waals surface area (Å²) in [6, 6.07) is 16.1. The highest BCUT2D eigenvalue weighted by Gasteiger charge is 2.22. The minimum atomic E-state index is -0.359. The van der Waals surface area contributed by atoms with E-state index in [0.717, 1.165) is 42.9 Å². The second-order valence-electron chi connectivity index (χ2n) is 7.61. The molecule has 0 fully saturated rings. The predicted octanol–water partition coefficient (Wildman–Crippen LogP) is 5.50. The van der Waals surface area contributed by atoms with Crippen LogP contribution < -0.4 is 10.1 Å². The number of anilines is 1. The fourth-order valence-corrected chi connectivity index (χ4v) is 4.02. The van der Waals surface area contributed by atoms with Crippen LogP contribution in [0.1, 0.15) is 45.8 Å². The number of esters is 1. The Labute approximate surface area is 177 Å². The largest absolute Gasteiger partial charge is 0.465 e. The second-order valence-corrected chi connectivity index (χ2v) is 7.61. The molecule has 5 nitrogen and oxygen atoms in total. The first-order valence-electron chi connectivity index (χ1n) is 10.3. The van der Waals surface area contributed by atoms with Gasteiger partial charge in [-0.2, -0.15) is 0 Å². The van der Waals surface area contributed by atoms with Crippen LogP contribution in [0.4, 0.5) is 5.69 Å². The van der Waals surface area contributed by atoms with E-state index in [1.165, 1.54) is 18.2 Å². The molecule has 1 aliphatic carbocycles. The number of pyridine rings is 1. The van der Waals surface area contributed by atoms with Crippen molar-refractivity contribution in [2.45, 2.75) is 32.1 Å². The Morgan fingerprint density at radius 3 is 2.90 bits per heavy atom. The summed E-state index contributed by atoms with van der Waals surface area (Å²) in [7, 11) is 1.39. The second kappa shape index (κ2) is 8.99. The number of rotatable bonds is 6. The predicted molar refractivity (Wildman–Crippen MR) is 117 cm³/mol. The first-order chi connectivity index (χ1) is 14.7. The number of hydrogen-bond donors (Lipinski definition) is 1. The van der Waals surface area contributed by atoms with Gasteiger partial charge in [0.15, 0.2) is 0 Å². The minimum absolute atomic E-state index is 0.359. The zero-order chi connectivity index (χ0) is 20.9. The summed E-state index contributed by atoms with van der Waals surface area (Å²) in [6.45, 7) is 2.79. The molecule has 1 atom stereocenters. The van der Waals surface area contributed by atoms with Gasteiger partial charge in [-0.05, 0) is 67.1 Å². The van der Waals surface area contributed by atoms with Crippen molar-refractivity contribution in [3.8, 4) is 11.5 Å².